The van der Waals surface area contributed by atoms with Gasteiger partial charge in [0, 0.05) is 24.8 Å². The van der Waals surface area contributed by atoms with E-state index in [1.54, 1.807) is 7.11 Å². The van der Waals surface area contributed by atoms with E-state index in [9.17, 15) is 0 Å². The van der Waals surface area contributed by atoms with Crippen LogP contribution in [0.5, 0.6) is 5.75 Å². The zero-order valence-electron chi connectivity index (χ0n) is 10.6. The highest BCUT2D eigenvalue weighted by molar-refractivity contribution is 5.39. The predicted octanol–water partition coefficient (Wildman–Crippen LogP) is 2.43. The molecule has 2 atom stereocenters. The summed E-state index contributed by atoms with van der Waals surface area (Å²) >= 11 is 0. The lowest BCUT2D eigenvalue weighted by molar-refractivity contribution is 0.182. The molecule has 0 saturated carbocycles. The third-order valence-corrected chi connectivity index (χ3v) is 3.40. The number of hydrogen-bond donors (Lipinski definition) is 1. The second-order valence-corrected chi connectivity index (χ2v) is 4.82. The molecule has 0 aliphatic carbocycles. The molecule has 2 N–H and O–H groups in total. The van der Waals surface area contributed by atoms with Gasteiger partial charge in [0.25, 0.3) is 0 Å². The van der Waals surface area contributed by atoms with Crippen LogP contribution >= 0.6 is 0 Å². The third-order valence-electron chi connectivity index (χ3n) is 3.40. The summed E-state index contributed by atoms with van der Waals surface area (Å²) in [6.45, 7) is 3.80. The minimum atomic E-state index is 0.0385. The first-order valence-corrected chi connectivity index (χ1v) is 6.18. The molecule has 2 unspecified atom stereocenters. The van der Waals surface area contributed by atoms with E-state index in [2.05, 4.69) is 13.0 Å². The fourth-order valence-electron chi connectivity index (χ4n) is 2.40. The second-order valence-electron chi connectivity index (χ2n) is 4.82. The van der Waals surface area contributed by atoms with Crippen molar-refractivity contribution >= 4 is 0 Å². The van der Waals surface area contributed by atoms with E-state index >= 15 is 0 Å². The van der Waals surface area contributed by atoms with Crippen LogP contribution in [-0.4, -0.2) is 20.3 Å². The lowest BCUT2D eigenvalue weighted by atomic mass is 9.93. The molecule has 1 aliphatic rings. The van der Waals surface area contributed by atoms with Crippen molar-refractivity contribution in [2.24, 2.45) is 11.7 Å². The maximum atomic E-state index is 6.28. The Bertz CT molecular complexity index is 372. The van der Waals surface area contributed by atoms with Gasteiger partial charge in [-0.15, -0.1) is 0 Å². The summed E-state index contributed by atoms with van der Waals surface area (Å²) in [4.78, 5) is 0. The van der Waals surface area contributed by atoms with Crippen LogP contribution < -0.4 is 10.5 Å². The van der Waals surface area contributed by atoms with Crippen LogP contribution in [0.4, 0.5) is 0 Å². The van der Waals surface area contributed by atoms with E-state index in [4.69, 9.17) is 15.2 Å². The Labute approximate surface area is 103 Å². The predicted molar refractivity (Wildman–Crippen MR) is 68.2 cm³/mol. The van der Waals surface area contributed by atoms with Crippen LogP contribution in [0.1, 0.15) is 30.0 Å². The van der Waals surface area contributed by atoms with Gasteiger partial charge >= 0.3 is 0 Å². The number of hydrogen-bond acceptors (Lipinski definition) is 3. The fourth-order valence-corrected chi connectivity index (χ4v) is 2.40. The molecule has 1 fully saturated rings. The largest absolute Gasteiger partial charge is 0.496 e. The Morgan fingerprint density at radius 1 is 1.53 bits per heavy atom. The average Bonchev–Trinajstić information content (AvgIpc) is 2.81. The summed E-state index contributed by atoms with van der Waals surface area (Å²) < 4.78 is 10.8. The van der Waals surface area contributed by atoms with Crippen LogP contribution in [0.3, 0.4) is 0 Å². The molecule has 3 nitrogen and oxygen atoms in total. The lowest BCUT2D eigenvalue weighted by Crippen LogP contribution is -2.16. The molecule has 0 amide bonds. The van der Waals surface area contributed by atoms with Gasteiger partial charge in [0.15, 0.2) is 0 Å². The summed E-state index contributed by atoms with van der Waals surface area (Å²) in [6, 6.07) is 6.21. The highest BCUT2D eigenvalue weighted by Crippen LogP contribution is 2.30. The smallest absolute Gasteiger partial charge is 0.123 e. The quantitative estimate of drug-likeness (QED) is 0.871. The van der Waals surface area contributed by atoms with E-state index in [0.29, 0.717) is 5.92 Å². The maximum absolute atomic E-state index is 6.28. The minimum absolute atomic E-state index is 0.0385. The monoisotopic (exact) mass is 235 g/mol. The second kappa shape index (κ2) is 5.52. The fraction of sp³-hybridized carbons (Fsp3) is 0.571. The number of benzene rings is 1. The maximum Gasteiger partial charge on any atom is 0.123 e. The Morgan fingerprint density at radius 3 is 3.00 bits per heavy atom. The van der Waals surface area contributed by atoms with Gasteiger partial charge in [-0.05, 0) is 31.7 Å². The van der Waals surface area contributed by atoms with Crippen molar-refractivity contribution in [3.05, 3.63) is 29.3 Å². The Hall–Kier alpha value is -1.06. The first-order chi connectivity index (χ1) is 8.20. The van der Waals surface area contributed by atoms with Crippen LogP contribution in [-0.2, 0) is 4.74 Å². The van der Waals surface area contributed by atoms with Crippen molar-refractivity contribution in [1.29, 1.82) is 0 Å². The molecule has 2 rings (SSSR count). The number of nitrogens with two attached hydrogens (primary N) is 1. The SMILES string of the molecule is COc1ccc(C)cc1C(N)CC1CCOC1. The van der Waals surface area contributed by atoms with Crippen LogP contribution in [0, 0.1) is 12.8 Å². The van der Waals surface area contributed by atoms with E-state index in [1.165, 1.54) is 5.56 Å². The molecule has 0 spiro atoms. The van der Waals surface area contributed by atoms with Crippen molar-refractivity contribution in [1.82, 2.24) is 0 Å². The van der Waals surface area contributed by atoms with Crippen molar-refractivity contribution in [3.8, 4) is 5.75 Å². The number of aryl methyl sites for hydroxylation is 1. The van der Waals surface area contributed by atoms with Gasteiger partial charge in [0.2, 0.25) is 0 Å². The first-order valence-electron chi connectivity index (χ1n) is 6.18. The molecular weight excluding hydrogens is 214 g/mol. The van der Waals surface area contributed by atoms with Crippen LogP contribution in [0.15, 0.2) is 18.2 Å². The normalized spacial score (nSPS) is 21.5. The topological polar surface area (TPSA) is 44.5 Å². The van der Waals surface area contributed by atoms with E-state index in [-0.39, 0.29) is 6.04 Å². The molecule has 1 saturated heterocycles. The Kier molecular flexibility index (Phi) is 4.02. The third kappa shape index (κ3) is 2.99. The Balaban J connectivity index is 2.11. The molecule has 0 bridgehead atoms. The summed E-state index contributed by atoms with van der Waals surface area (Å²) in [7, 11) is 1.69. The molecule has 3 heteroatoms. The molecule has 0 aromatic heterocycles. The van der Waals surface area contributed by atoms with Crippen molar-refractivity contribution in [2.45, 2.75) is 25.8 Å². The van der Waals surface area contributed by atoms with Gasteiger partial charge in [-0.25, -0.2) is 0 Å². The van der Waals surface area contributed by atoms with Crippen molar-refractivity contribution in [3.63, 3.8) is 0 Å². The Morgan fingerprint density at radius 2 is 2.35 bits per heavy atom. The van der Waals surface area contributed by atoms with Gasteiger partial charge in [0.1, 0.15) is 5.75 Å². The zero-order chi connectivity index (χ0) is 12.3. The standard InChI is InChI=1S/C14H21NO2/c1-10-3-4-14(16-2)12(7-10)13(15)8-11-5-6-17-9-11/h3-4,7,11,13H,5-6,8-9,15H2,1-2H3. The molecule has 94 valence electrons. The van der Waals surface area contributed by atoms with Crippen molar-refractivity contribution in [2.75, 3.05) is 20.3 Å². The van der Waals surface area contributed by atoms with Crippen LogP contribution in [0.2, 0.25) is 0 Å². The first kappa shape index (κ1) is 12.4. The summed E-state index contributed by atoms with van der Waals surface area (Å²) in [5.74, 6) is 1.48. The lowest BCUT2D eigenvalue weighted by Gasteiger charge is -2.19. The highest BCUT2D eigenvalue weighted by Gasteiger charge is 2.21. The summed E-state index contributed by atoms with van der Waals surface area (Å²) in [5, 5.41) is 0. The molecular formula is C14H21NO2. The van der Waals surface area contributed by atoms with E-state index in [0.717, 1.165) is 37.4 Å². The summed E-state index contributed by atoms with van der Waals surface area (Å²) in [6.07, 6.45) is 2.10. The number of ether oxygens (including phenoxy) is 2. The molecule has 17 heavy (non-hydrogen) atoms. The van der Waals surface area contributed by atoms with Gasteiger partial charge in [-0.3, -0.25) is 0 Å². The number of methoxy groups -OCH3 is 1. The minimum Gasteiger partial charge on any atom is -0.496 e. The number of rotatable bonds is 4. The van der Waals surface area contributed by atoms with Crippen LogP contribution in [0.25, 0.3) is 0 Å². The van der Waals surface area contributed by atoms with E-state index in [1.807, 2.05) is 12.1 Å². The summed E-state index contributed by atoms with van der Waals surface area (Å²) in [5.41, 5.74) is 8.62. The zero-order valence-corrected chi connectivity index (χ0v) is 10.6. The highest BCUT2D eigenvalue weighted by atomic mass is 16.5. The van der Waals surface area contributed by atoms with Gasteiger partial charge in [0.05, 0.1) is 7.11 Å². The molecule has 0 radical (unpaired) electrons. The van der Waals surface area contributed by atoms with Gasteiger partial charge in [-0.1, -0.05) is 17.7 Å². The molecule has 1 heterocycles. The molecule has 1 aromatic carbocycles. The molecule has 1 aromatic rings. The average molecular weight is 235 g/mol. The van der Waals surface area contributed by atoms with Gasteiger partial charge in [-0.2, -0.15) is 0 Å². The van der Waals surface area contributed by atoms with Gasteiger partial charge < -0.3 is 15.2 Å². The van der Waals surface area contributed by atoms with Crippen molar-refractivity contribution < 1.29 is 9.47 Å². The van der Waals surface area contributed by atoms with E-state index < -0.39 is 0 Å². The molecule has 1 aliphatic heterocycles.